The number of anilines is 1. The molecule has 3 aliphatic heterocycles. The summed E-state index contributed by atoms with van der Waals surface area (Å²) in [6, 6.07) is 0.451. The van der Waals surface area contributed by atoms with Crippen molar-refractivity contribution in [3.05, 3.63) is 18.5 Å². The molecule has 12 heteroatoms. The van der Waals surface area contributed by atoms with Crippen LogP contribution in [0.2, 0.25) is 0 Å². The molecule has 30 heavy (non-hydrogen) atoms. The molecule has 0 bridgehead atoms. The van der Waals surface area contributed by atoms with E-state index in [0.29, 0.717) is 38.5 Å². The monoisotopic (exact) mass is 444 g/mol. The molecule has 4 heterocycles. The molecule has 1 aromatic heterocycles. The van der Waals surface area contributed by atoms with E-state index in [0.717, 1.165) is 6.26 Å². The van der Waals surface area contributed by atoms with E-state index in [9.17, 15) is 22.0 Å². The molecule has 1 aromatic rings. The van der Waals surface area contributed by atoms with Gasteiger partial charge in [0.25, 0.3) is 5.92 Å². The number of aromatic nitrogens is 2. The molecule has 0 spiro atoms. The van der Waals surface area contributed by atoms with Gasteiger partial charge in [-0.3, -0.25) is 9.69 Å². The Morgan fingerprint density at radius 3 is 2.50 bits per heavy atom. The van der Waals surface area contributed by atoms with Crippen LogP contribution in [0.5, 0.6) is 0 Å². The maximum atomic E-state index is 14.2. The minimum absolute atomic E-state index is 0.151. The van der Waals surface area contributed by atoms with Gasteiger partial charge in [-0.15, -0.1) is 0 Å². The summed E-state index contributed by atoms with van der Waals surface area (Å²) in [7, 11) is -3.35. The van der Waals surface area contributed by atoms with Crippen LogP contribution < -0.4 is 4.90 Å². The van der Waals surface area contributed by atoms with Crippen LogP contribution in [0.1, 0.15) is 12.8 Å². The number of amides is 1. The van der Waals surface area contributed by atoms with Gasteiger partial charge in [-0.25, -0.2) is 27.2 Å². The van der Waals surface area contributed by atoms with Crippen LogP contribution in [-0.4, -0.2) is 108 Å². The van der Waals surface area contributed by atoms with Gasteiger partial charge in [0.2, 0.25) is 21.9 Å². The first-order valence-electron chi connectivity index (χ1n) is 10.0. The van der Waals surface area contributed by atoms with E-state index < -0.39 is 35.0 Å². The quantitative estimate of drug-likeness (QED) is 0.639. The van der Waals surface area contributed by atoms with E-state index in [1.54, 1.807) is 23.4 Å². The number of carbonyl (C=O) groups excluding carboxylic acids is 1. The van der Waals surface area contributed by atoms with Crippen molar-refractivity contribution < 1.29 is 22.0 Å². The molecule has 4 rings (SSSR count). The predicted octanol–water partition coefficient (Wildman–Crippen LogP) is -0.131. The number of alkyl halides is 2. The van der Waals surface area contributed by atoms with Gasteiger partial charge in [-0.2, -0.15) is 4.31 Å². The van der Waals surface area contributed by atoms with Gasteiger partial charge >= 0.3 is 0 Å². The second kappa shape index (κ2) is 7.97. The fraction of sp³-hybridized carbons (Fsp3) is 0.722. The molecular formula is C18H26F2N6O3S. The van der Waals surface area contributed by atoms with Crippen molar-refractivity contribution in [2.24, 2.45) is 0 Å². The Morgan fingerprint density at radius 2 is 1.83 bits per heavy atom. The lowest BCUT2D eigenvalue weighted by molar-refractivity contribution is -0.137. The number of sulfonamides is 1. The molecule has 0 unspecified atom stereocenters. The Morgan fingerprint density at radius 1 is 1.13 bits per heavy atom. The Balaban J connectivity index is 1.42. The van der Waals surface area contributed by atoms with E-state index >= 15 is 0 Å². The molecule has 3 fully saturated rings. The average molecular weight is 445 g/mol. The third-order valence-corrected chi connectivity index (χ3v) is 7.24. The van der Waals surface area contributed by atoms with Crippen LogP contribution in [0.4, 0.5) is 14.7 Å². The maximum absolute atomic E-state index is 14.2. The smallest absolute Gasteiger partial charge is 0.262 e. The fourth-order valence-electron chi connectivity index (χ4n) is 4.36. The molecule has 0 N–H and O–H groups in total. The van der Waals surface area contributed by atoms with Crippen molar-refractivity contribution in [3.63, 3.8) is 0 Å². The van der Waals surface area contributed by atoms with E-state index in [-0.39, 0.29) is 25.0 Å². The van der Waals surface area contributed by atoms with Gasteiger partial charge < -0.3 is 9.80 Å². The summed E-state index contributed by atoms with van der Waals surface area (Å²) in [4.78, 5) is 26.8. The molecule has 0 radical (unpaired) electrons. The van der Waals surface area contributed by atoms with E-state index in [1.165, 1.54) is 9.21 Å². The zero-order valence-electron chi connectivity index (χ0n) is 16.8. The SMILES string of the molecule is CS(=O)(=O)N1CC(N2CC(F)(F)C[C@H]2C(=O)N2CCCN(c3ncccn3)CC2)C1. The number of likely N-dealkylation sites (tertiary alicyclic amines) is 1. The number of rotatable bonds is 4. The fourth-order valence-corrected chi connectivity index (χ4v) is 5.24. The van der Waals surface area contributed by atoms with Crippen LogP contribution in [0.25, 0.3) is 0 Å². The van der Waals surface area contributed by atoms with E-state index in [4.69, 9.17) is 0 Å². The highest BCUT2D eigenvalue weighted by Gasteiger charge is 2.53. The first-order chi connectivity index (χ1) is 14.1. The third kappa shape index (κ3) is 4.40. The molecule has 1 amide bonds. The van der Waals surface area contributed by atoms with Gasteiger partial charge in [0.15, 0.2) is 0 Å². The largest absolute Gasteiger partial charge is 0.339 e. The Bertz CT molecular complexity index is 881. The van der Waals surface area contributed by atoms with Crippen molar-refractivity contribution >= 4 is 21.9 Å². The summed E-state index contributed by atoms with van der Waals surface area (Å²) in [5.41, 5.74) is 0. The lowest BCUT2D eigenvalue weighted by Gasteiger charge is -2.44. The molecule has 1 atom stereocenters. The van der Waals surface area contributed by atoms with Gasteiger partial charge in [0.1, 0.15) is 0 Å². The molecular weight excluding hydrogens is 418 g/mol. The average Bonchev–Trinajstić information content (AvgIpc) is 2.81. The number of hydrogen-bond acceptors (Lipinski definition) is 7. The lowest BCUT2D eigenvalue weighted by Crippen LogP contribution is -2.63. The molecule has 3 saturated heterocycles. The summed E-state index contributed by atoms with van der Waals surface area (Å²) in [5.74, 6) is -2.67. The number of nitrogens with zero attached hydrogens (tertiary/aromatic N) is 6. The van der Waals surface area contributed by atoms with Crippen molar-refractivity contribution in [2.45, 2.75) is 30.8 Å². The van der Waals surface area contributed by atoms with Crippen molar-refractivity contribution in [1.82, 2.24) is 24.1 Å². The minimum atomic E-state index is -3.35. The standard InChI is InChI=1S/C18H26F2N6O3S/c1-30(28,29)25-11-14(12-25)26-13-18(19,20)10-15(26)16(27)23-6-3-7-24(9-8-23)17-21-4-2-5-22-17/h2,4-5,14-15H,3,6-13H2,1H3/t15-/m0/s1. The topological polar surface area (TPSA) is 90.0 Å². The highest BCUT2D eigenvalue weighted by Crippen LogP contribution is 2.36. The highest BCUT2D eigenvalue weighted by atomic mass is 32.2. The number of hydrogen-bond donors (Lipinski definition) is 0. The second-order valence-corrected chi connectivity index (χ2v) is 10.2. The van der Waals surface area contributed by atoms with E-state index in [2.05, 4.69) is 9.97 Å². The number of halogens is 2. The summed E-state index contributed by atoms with van der Waals surface area (Å²) in [5, 5.41) is 0. The summed E-state index contributed by atoms with van der Waals surface area (Å²) < 4.78 is 52.9. The Kier molecular flexibility index (Phi) is 5.66. The van der Waals surface area contributed by atoms with Crippen LogP contribution in [-0.2, 0) is 14.8 Å². The van der Waals surface area contributed by atoms with Crippen LogP contribution in [0.3, 0.4) is 0 Å². The molecule has 0 saturated carbocycles. The molecule has 0 aromatic carbocycles. The van der Waals surface area contributed by atoms with Gasteiger partial charge in [0.05, 0.1) is 18.8 Å². The summed E-state index contributed by atoms with van der Waals surface area (Å²) >= 11 is 0. The number of carbonyl (C=O) groups is 1. The predicted molar refractivity (Wildman–Crippen MR) is 106 cm³/mol. The molecule has 0 aliphatic carbocycles. The van der Waals surface area contributed by atoms with Gasteiger partial charge in [0, 0.05) is 64.1 Å². The van der Waals surface area contributed by atoms with Crippen molar-refractivity contribution in [1.29, 1.82) is 0 Å². The van der Waals surface area contributed by atoms with Crippen molar-refractivity contribution in [3.8, 4) is 0 Å². The zero-order chi connectivity index (χ0) is 21.5. The third-order valence-electron chi connectivity index (χ3n) is 6.00. The second-order valence-electron chi connectivity index (χ2n) is 8.20. The Labute approximate surface area is 174 Å². The van der Waals surface area contributed by atoms with Crippen LogP contribution in [0.15, 0.2) is 18.5 Å². The maximum Gasteiger partial charge on any atom is 0.262 e. The van der Waals surface area contributed by atoms with Crippen LogP contribution >= 0.6 is 0 Å². The first kappa shape index (κ1) is 21.3. The van der Waals surface area contributed by atoms with Gasteiger partial charge in [-0.05, 0) is 12.5 Å². The Hall–Kier alpha value is -1.92. The van der Waals surface area contributed by atoms with Gasteiger partial charge in [-0.1, -0.05) is 0 Å². The minimum Gasteiger partial charge on any atom is -0.339 e. The van der Waals surface area contributed by atoms with E-state index in [1.807, 2.05) is 4.90 Å². The normalized spacial score (nSPS) is 26.4. The summed E-state index contributed by atoms with van der Waals surface area (Å²) in [6.07, 6.45) is 4.59. The lowest BCUT2D eigenvalue weighted by atomic mass is 10.1. The molecule has 9 nitrogen and oxygen atoms in total. The zero-order valence-corrected chi connectivity index (χ0v) is 17.6. The molecule has 3 aliphatic rings. The highest BCUT2D eigenvalue weighted by molar-refractivity contribution is 7.88. The van der Waals surface area contributed by atoms with Crippen molar-refractivity contribution in [2.75, 3.05) is 57.0 Å². The first-order valence-corrected chi connectivity index (χ1v) is 11.9. The van der Waals surface area contributed by atoms with Crippen LogP contribution in [0, 0.1) is 0 Å². The summed E-state index contributed by atoms with van der Waals surface area (Å²) in [6.45, 7) is 1.90. The molecule has 166 valence electrons.